The molecule has 0 amide bonds. The van der Waals surface area contributed by atoms with Crippen molar-refractivity contribution in [1.82, 2.24) is 0 Å². The highest BCUT2D eigenvalue weighted by atomic mass is 15.1. The molecule has 0 saturated heterocycles. The summed E-state index contributed by atoms with van der Waals surface area (Å²) in [6.45, 7) is 3.47. The Bertz CT molecular complexity index is 630. The molecule has 1 unspecified atom stereocenters. The Kier molecular flexibility index (Phi) is 3.40. The van der Waals surface area contributed by atoms with E-state index in [-0.39, 0.29) is 5.41 Å². The van der Waals surface area contributed by atoms with Crippen molar-refractivity contribution < 1.29 is 0 Å². The van der Waals surface area contributed by atoms with Gasteiger partial charge in [-0.25, -0.2) is 0 Å². The maximum absolute atomic E-state index is 2.38. The second-order valence-electron chi connectivity index (χ2n) is 6.67. The molecule has 1 heterocycles. The highest BCUT2D eigenvalue weighted by Crippen LogP contribution is 2.41. The normalized spacial score (nSPS) is 20.5. The van der Waals surface area contributed by atoms with Crippen LogP contribution in [0.5, 0.6) is 0 Å². The van der Waals surface area contributed by atoms with Gasteiger partial charge < -0.3 is 9.80 Å². The van der Waals surface area contributed by atoms with Crippen LogP contribution in [0, 0.1) is 0 Å². The molecule has 21 heavy (non-hydrogen) atoms. The van der Waals surface area contributed by atoms with Gasteiger partial charge in [0.2, 0.25) is 0 Å². The Morgan fingerprint density at radius 3 is 2.38 bits per heavy atom. The van der Waals surface area contributed by atoms with Crippen molar-refractivity contribution in [2.45, 2.75) is 18.8 Å². The van der Waals surface area contributed by atoms with Crippen molar-refractivity contribution in [3.05, 3.63) is 59.7 Å². The molecule has 0 aromatic heterocycles. The lowest BCUT2D eigenvalue weighted by Gasteiger charge is -2.26. The summed E-state index contributed by atoms with van der Waals surface area (Å²) in [6.07, 6.45) is 1.09. The Labute approximate surface area is 128 Å². The smallest absolute Gasteiger partial charge is 0.0402 e. The Balaban J connectivity index is 1.88. The van der Waals surface area contributed by atoms with Gasteiger partial charge in [0.15, 0.2) is 0 Å². The minimum absolute atomic E-state index is 0.199. The number of rotatable bonds is 3. The number of anilines is 2. The third-order valence-corrected chi connectivity index (χ3v) is 4.60. The molecule has 3 rings (SSSR count). The van der Waals surface area contributed by atoms with E-state index in [1.165, 1.54) is 22.5 Å². The summed E-state index contributed by atoms with van der Waals surface area (Å²) in [5.41, 5.74) is 5.72. The molecule has 0 saturated carbocycles. The van der Waals surface area contributed by atoms with E-state index in [2.05, 4.69) is 86.4 Å². The van der Waals surface area contributed by atoms with Crippen LogP contribution in [0.1, 0.15) is 18.1 Å². The number of nitrogens with zero attached hydrogens (tertiary/aromatic N) is 2. The zero-order chi connectivity index (χ0) is 15.0. The predicted molar refractivity (Wildman–Crippen MR) is 91.5 cm³/mol. The van der Waals surface area contributed by atoms with Gasteiger partial charge in [0.05, 0.1) is 0 Å². The van der Waals surface area contributed by atoms with Crippen LogP contribution in [0.4, 0.5) is 11.4 Å². The van der Waals surface area contributed by atoms with Gasteiger partial charge in [-0.2, -0.15) is 0 Å². The van der Waals surface area contributed by atoms with Crippen LogP contribution in [0.15, 0.2) is 48.5 Å². The minimum atomic E-state index is 0.199. The van der Waals surface area contributed by atoms with Crippen molar-refractivity contribution in [3.63, 3.8) is 0 Å². The highest BCUT2D eigenvalue weighted by molar-refractivity contribution is 5.62. The molecule has 110 valence electrons. The molecule has 2 heteroatoms. The Morgan fingerprint density at radius 2 is 1.71 bits per heavy atom. The van der Waals surface area contributed by atoms with Gasteiger partial charge in [-0.15, -0.1) is 0 Å². The third-order valence-electron chi connectivity index (χ3n) is 4.60. The van der Waals surface area contributed by atoms with Gasteiger partial charge in [0, 0.05) is 44.5 Å². The monoisotopic (exact) mass is 280 g/mol. The predicted octanol–water partition coefficient (Wildman–Crippen LogP) is 3.70. The fourth-order valence-electron chi connectivity index (χ4n) is 3.52. The van der Waals surface area contributed by atoms with Gasteiger partial charge in [0.25, 0.3) is 0 Å². The lowest BCUT2D eigenvalue weighted by atomic mass is 9.79. The second kappa shape index (κ2) is 5.10. The van der Waals surface area contributed by atoms with Crippen LogP contribution >= 0.6 is 0 Å². The van der Waals surface area contributed by atoms with Gasteiger partial charge in [0.1, 0.15) is 0 Å². The van der Waals surface area contributed by atoms with E-state index in [1.54, 1.807) is 0 Å². The number of hydrogen-bond donors (Lipinski definition) is 0. The maximum atomic E-state index is 2.38. The quantitative estimate of drug-likeness (QED) is 0.846. The van der Waals surface area contributed by atoms with Crippen molar-refractivity contribution in [1.29, 1.82) is 0 Å². The summed E-state index contributed by atoms with van der Waals surface area (Å²) in [5, 5.41) is 0. The van der Waals surface area contributed by atoms with E-state index in [1.807, 2.05) is 0 Å². The molecule has 1 aliphatic rings. The molecular formula is C19H24N2. The topological polar surface area (TPSA) is 6.48 Å². The van der Waals surface area contributed by atoms with Crippen molar-refractivity contribution in [2.24, 2.45) is 0 Å². The summed E-state index contributed by atoms with van der Waals surface area (Å²) < 4.78 is 0. The van der Waals surface area contributed by atoms with Gasteiger partial charge >= 0.3 is 0 Å². The lowest BCUT2D eigenvalue weighted by Crippen LogP contribution is -2.30. The van der Waals surface area contributed by atoms with Crippen LogP contribution in [0.25, 0.3) is 0 Å². The largest absolute Gasteiger partial charge is 0.378 e. The molecule has 0 spiro atoms. The molecule has 1 atom stereocenters. The van der Waals surface area contributed by atoms with Crippen LogP contribution in [-0.2, 0) is 11.8 Å². The highest BCUT2D eigenvalue weighted by Gasteiger charge is 2.37. The third kappa shape index (κ3) is 2.51. The average molecular weight is 280 g/mol. The molecule has 0 aliphatic carbocycles. The van der Waals surface area contributed by atoms with Crippen molar-refractivity contribution in [3.8, 4) is 0 Å². The summed E-state index contributed by atoms with van der Waals surface area (Å²) >= 11 is 0. The van der Waals surface area contributed by atoms with E-state index in [0.29, 0.717) is 0 Å². The summed E-state index contributed by atoms with van der Waals surface area (Å²) in [6, 6.07) is 17.8. The molecule has 0 radical (unpaired) electrons. The van der Waals surface area contributed by atoms with Gasteiger partial charge in [-0.3, -0.25) is 0 Å². The van der Waals surface area contributed by atoms with E-state index in [0.717, 1.165) is 13.0 Å². The number of benzene rings is 2. The lowest BCUT2D eigenvalue weighted by molar-refractivity contribution is 0.502. The molecule has 2 aromatic carbocycles. The molecule has 0 fully saturated rings. The molecule has 2 aromatic rings. The van der Waals surface area contributed by atoms with Crippen LogP contribution in [0.3, 0.4) is 0 Å². The molecule has 1 aliphatic heterocycles. The molecule has 0 bridgehead atoms. The van der Waals surface area contributed by atoms with Gasteiger partial charge in [-0.1, -0.05) is 37.3 Å². The van der Waals surface area contributed by atoms with Crippen LogP contribution in [-0.4, -0.2) is 27.7 Å². The maximum Gasteiger partial charge on any atom is 0.0402 e. The first-order valence-electron chi connectivity index (χ1n) is 7.56. The van der Waals surface area contributed by atoms with Crippen molar-refractivity contribution in [2.75, 3.05) is 37.5 Å². The van der Waals surface area contributed by atoms with E-state index in [4.69, 9.17) is 0 Å². The zero-order valence-corrected chi connectivity index (χ0v) is 13.4. The van der Waals surface area contributed by atoms with E-state index < -0.39 is 0 Å². The molecule has 0 N–H and O–H groups in total. The second-order valence-corrected chi connectivity index (χ2v) is 6.67. The Morgan fingerprint density at radius 1 is 1.05 bits per heavy atom. The number of para-hydroxylation sites is 1. The van der Waals surface area contributed by atoms with E-state index >= 15 is 0 Å². The molecule has 2 nitrogen and oxygen atoms in total. The average Bonchev–Trinajstić information content (AvgIpc) is 2.72. The summed E-state index contributed by atoms with van der Waals surface area (Å²) in [5.74, 6) is 0. The summed E-state index contributed by atoms with van der Waals surface area (Å²) in [7, 11) is 6.36. The fraction of sp³-hybridized carbons (Fsp3) is 0.368. The van der Waals surface area contributed by atoms with Crippen LogP contribution < -0.4 is 9.80 Å². The summed E-state index contributed by atoms with van der Waals surface area (Å²) in [4.78, 5) is 4.52. The first-order chi connectivity index (χ1) is 9.99. The van der Waals surface area contributed by atoms with Crippen molar-refractivity contribution >= 4 is 11.4 Å². The fourth-order valence-corrected chi connectivity index (χ4v) is 3.52. The first-order valence-corrected chi connectivity index (χ1v) is 7.56. The van der Waals surface area contributed by atoms with E-state index in [9.17, 15) is 0 Å². The minimum Gasteiger partial charge on any atom is -0.378 e. The number of likely N-dealkylation sites (N-methyl/N-ethyl adjacent to an activating group) is 1. The first kappa shape index (κ1) is 14.0. The molecular weight excluding hydrogens is 256 g/mol. The standard InChI is InChI=1S/C19H24N2/c1-19(13-15-9-11-16(12-10-15)20(2)3)14-21(4)18-8-6-5-7-17(18)19/h5-12H,13-14H2,1-4H3. The van der Waals surface area contributed by atoms with Gasteiger partial charge in [-0.05, 0) is 35.7 Å². The Hall–Kier alpha value is -1.96. The van der Waals surface area contributed by atoms with Crippen LogP contribution in [0.2, 0.25) is 0 Å². The number of fused-ring (bicyclic) bond motifs is 1. The SMILES string of the molecule is CN(C)c1ccc(CC2(C)CN(C)c3ccccc32)cc1. The zero-order valence-electron chi connectivity index (χ0n) is 13.4. The number of hydrogen-bond acceptors (Lipinski definition) is 2.